The topological polar surface area (TPSA) is 56.7 Å². The molecule has 10 aromatic carbocycles. The molecule has 0 unspecified atom stereocenters. The Hall–Kier alpha value is -9.19. The highest BCUT2D eigenvalue weighted by Crippen LogP contribution is 2.45. The van der Waals surface area contributed by atoms with Gasteiger partial charge in [-0.05, 0) is 69.8 Å². The summed E-state index contributed by atoms with van der Waals surface area (Å²) in [6.45, 7) is 0. The fourth-order valence-corrected chi connectivity index (χ4v) is 9.76. The lowest BCUT2D eigenvalue weighted by atomic mass is 9.92. The summed E-state index contributed by atoms with van der Waals surface area (Å²) >= 11 is 0. The molecule has 0 bridgehead atoms. The lowest BCUT2D eigenvalue weighted by molar-refractivity contribution is 0.669. The fourth-order valence-electron chi connectivity index (χ4n) is 9.76. The summed E-state index contributed by atoms with van der Waals surface area (Å²) in [7, 11) is 0. The van der Waals surface area contributed by atoms with Gasteiger partial charge < -0.3 is 8.98 Å². The quantitative estimate of drug-likeness (QED) is 0.153. The third kappa shape index (κ3) is 6.84. The summed E-state index contributed by atoms with van der Waals surface area (Å²) < 4.78 is 8.93. The van der Waals surface area contributed by atoms with Crippen molar-refractivity contribution in [1.82, 2.24) is 19.5 Å². The minimum Gasteiger partial charge on any atom is -0.456 e. The number of furan rings is 1. The summed E-state index contributed by atoms with van der Waals surface area (Å²) in [6.07, 6.45) is 0. The van der Waals surface area contributed by atoms with Crippen LogP contribution in [0.4, 0.5) is 0 Å². The molecule has 0 saturated carbocycles. The van der Waals surface area contributed by atoms with E-state index >= 15 is 0 Å². The zero-order valence-corrected chi connectivity index (χ0v) is 36.8. The molecule has 3 heterocycles. The minimum atomic E-state index is 0.582. The van der Waals surface area contributed by atoms with Crippen molar-refractivity contribution in [1.29, 1.82) is 0 Å². The van der Waals surface area contributed by atoms with Crippen molar-refractivity contribution in [3.63, 3.8) is 0 Å². The summed E-state index contributed by atoms with van der Waals surface area (Å²) in [6, 6.07) is 85.3. The Morgan fingerprint density at radius 1 is 0.265 bits per heavy atom. The van der Waals surface area contributed by atoms with Crippen molar-refractivity contribution in [3.8, 4) is 84.4 Å². The first-order valence-corrected chi connectivity index (χ1v) is 22.9. The maximum absolute atomic E-state index is 6.48. The average Bonchev–Trinajstić information content (AvgIpc) is 3.95. The van der Waals surface area contributed by atoms with E-state index in [9.17, 15) is 0 Å². The van der Waals surface area contributed by atoms with Gasteiger partial charge >= 0.3 is 0 Å². The third-order valence-electron chi connectivity index (χ3n) is 13.1. The Morgan fingerprint density at radius 3 is 1.21 bits per heavy atom. The summed E-state index contributed by atoms with van der Waals surface area (Å²) in [5, 5.41) is 4.44. The number of hydrogen-bond acceptors (Lipinski definition) is 4. The highest BCUT2D eigenvalue weighted by Gasteiger charge is 2.24. The second-order valence-corrected chi connectivity index (χ2v) is 17.2. The predicted molar refractivity (Wildman–Crippen MR) is 279 cm³/mol. The molecule has 0 aliphatic rings. The van der Waals surface area contributed by atoms with Crippen LogP contribution in [0.1, 0.15) is 0 Å². The number of hydrogen-bond donors (Lipinski definition) is 0. The number of fused-ring (bicyclic) bond motifs is 6. The van der Waals surface area contributed by atoms with E-state index in [0.29, 0.717) is 17.5 Å². The standard InChI is InChI=1S/C63H40N4O/c1-5-17-41(18-6-1)43-29-33-47(34-30-43)61-64-62(48-35-31-44(32-36-48)42-19-7-2-8-20-42)66-63(65-61)49-37-52(45-21-9-3-10-22-45)60(53(38-49)46-23-11-4-12-24-46)67-56-27-15-13-25-50(56)54-40-59-55(39-57(54)67)51-26-14-16-28-58(51)68-59/h1-40H. The maximum atomic E-state index is 6.48. The Labute approximate surface area is 392 Å². The SMILES string of the molecule is c1ccc(-c2ccc(-c3nc(-c4ccc(-c5ccccc5)cc4)nc(-c4cc(-c5ccccc5)c(-n5c6ccccc6c6cc7oc8ccccc8c7cc65)c(-c5ccccc5)c4)n3)cc2)cc1. The first-order chi connectivity index (χ1) is 33.7. The van der Waals surface area contributed by atoms with E-state index in [0.717, 1.165) is 111 Å². The van der Waals surface area contributed by atoms with Crippen molar-refractivity contribution < 1.29 is 4.42 Å². The molecule has 0 saturated heterocycles. The van der Waals surface area contributed by atoms with Gasteiger partial charge in [-0.15, -0.1) is 0 Å². The van der Waals surface area contributed by atoms with E-state index < -0.39 is 0 Å². The molecule has 0 N–H and O–H groups in total. The number of rotatable bonds is 8. The van der Waals surface area contributed by atoms with Crippen LogP contribution < -0.4 is 0 Å². The number of aromatic nitrogens is 4. The lowest BCUT2D eigenvalue weighted by Crippen LogP contribution is -2.04. The van der Waals surface area contributed by atoms with Crippen LogP contribution in [0.15, 0.2) is 247 Å². The zero-order chi connectivity index (χ0) is 45.0. The molecule has 0 aliphatic carbocycles. The van der Waals surface area contributed by atoms with Crippen LogP contribution >= 0.6 is 0 Å². The van der Waals surface area contributed by atoms with Gasteiger partial charge in [-0.1, -0.05) is 206 Å². The molecule has 13 aromatic rings. The normalized spacial score (nSPS) is 11.5. The second-order valence-electron chi connectivity index (χ2n) is 17.2. The van der Waals surface area contributed by atoms with Crippen LogP contribution in [-0.2, 0) is 0 Å². The van der Waals surface area contributed by atoms with Gasteiger partial charge in [0, 0.05) is 49.4 Å². The molecular formula is C63H40N4O. The first kappa shape index (κ1) is 39.2. The second kappa shape index (κ2) is 16.4. The van der Waals surface area contributed by atoms with E-state index in [1.165, 1.54) is 0 Å². The van der Waals surface area contributed by atoms with Gasteiger partial charge in [0.15, 0.2) is 17.5 Å². The first-order valence-electron chi connectivity index (χ1n) is 22.9. The third-order valence-corrected chi connectivity index (χ3v) is 13.1. The maximum Gasteiger partial charge on any atom is 0.164 e. The molecule has 0 fully saturated rings. The largest absolute Gasteiger partial charge is 0.456 e. The summed E-state index contributed by atoms with van der Waals surface area (Å²) in [4.78, 5) is 15.9. The molecule has 68 heavy (non-hydrogen) atoms. The summed E-state index contributed by atoms with van der Waals surface area (Å²) in [5.74, 6) is 1.78. The lowest BCUT2D eigenvalue weighted by Gasteiger charge is -2.21. The van der Waals surface area contributed by atoms with Crippen LogP contribution in [0.3, 0.4) is 0 Å². The van der Waals surface area contributed by atoms with Crippen LogP contribution in [0, 0.1) is 0 Å². The van der Waals surface area contributed by atoms with Crippen LogP contribution in [0.25, 0.3) is 128 Å². The van der Waals surface area contributed by atoms with Crippen molar-refractivity contribution >= 4 is 43.7 Å². The van der Waals surface area contributed by atoms with Crippen molar-refractivity contribution in [3.05, 3.63) is 243 Å². The molecule has 3 aromatic heterocycles. The Balaban J connectivity index is 1.08. The number of benzene rings is 10. The number of nitrogens with zero attached hydrogens (tertiary/aromatic N) is 4. The highest BCUT2D eigenvalue weighted by molar-refractivity contribution is 6.18. The zero-order valence-electron chi connectivity index (χ0n) is 36.8. The fraction of sp³-hybridized carbons (Fsp3) is 0. The monoisotopic (exact) mass is 868 g/mol. The van der Waals surface area contributed by atoms with Gasteiger partial charge in [0.05, 0.1) is 16.7 Å². The molecule has 13 rings (SSSR count). The van der Waals surface area contributed by atoms with Crippen LogP contribution in [0.5, 0.6) is 0 Å². The van der Waals surface area contributed by atoms with E-state index in [1.54, 1.807) is 0 Å². The predicted octanol–water partition coefficient (Wildman–Crippen LogP) is 16.5. The Kier molecular flexibility index (Phi) is 9.43. The minimum absolute atomic E-state index is 0.582. The van der Waals surface area contributed by atoms with Crippen molar-refractivity contribution in [2.75, 3.05) is 0 Å². The molecule has 0 spiro atoms. The van der Waals surface area contributed by atoms with Crippen LogP contribution in [-0.4, -0.2) is 19.5 Å². The Morgan fingerprint density at radius 2 is 0.676 bits per heavy atom. The van der Waals surface area contributed by atoms with Crippen LogP contribution in [0.2, 0.25) is 0 Å². The molecular weight excluding hydrogens is 829 g/mol. The van der Waals surface area contributed by atoms with E-state index in [4.69, 9.17) is 19.4 Å². The van der Waals surface area contributed by atoms with Gasteiger partial charge in [-0.25, -0.2) is 15.0 Å². The summed E-state index contributed by atoms with van der Waals surface area (Å²) in [5.41, 5.74) is 16.5. The highest BCUT2D eigenvalue weighted by atomic mass is 16.3. The molecule has 318 valence electrons. The molecule has 5 heteroatoms. The molecule has 0 amide bonds. The average molecular weight is 869 g/mol. The van der Waals surface area contributed by atoms with Gasteiger partial charge in [0.2, 0.25) is 0 Å². The van der Waals surface area contributed by atoms with E-state index in [1.807, 2.05) is 24.3 Å². The molecule has 0 atom stereocenters. The van der Waals surface area contributed by atoms with Gasteiger partial charge in [-0.2, -0.15) is 0 Å². The van der Waals surface area contributed by atoms with Gasteiger partial charge in [0.25, 0.3) is 0 Å². The van der Waals surface area contributed by atoms with Gasteiger partial charge in [0.1, 0.15) is 11.2 Å². The molecule has 0 aliphatic heterocycles. The smallest absolute Gasteiger partial charge is 0.164 e. The van der Waals surface area contributed by atoms with E-state index in [2.05, 4.69) is 223 Å². The molecule has 5 nitrogen and oxygen atoms in total. The van der Waals surface area contributed by atoms with Crippen molar-refractivity contribution in [2.45, 2.75) is 0 Å². The van der Waals surface area contributed by atoms with E-state index in [-0.39, 0.29) is 0 Å². The number of para-hydroxylation sites is 2. The van der Waals surface area contributed by atoms with Crippen molar-refractivity contribution in [2.24, 2.45) is 0 Å². The van der Waals surface area contributed by atoms with Gasteiger partial charge in [-0.3, -0.25) is 0 Å². The molecule has 0 radical (unpaired) electrons. The Bertz CT molecular complexity index is 3810.